The van der Waals surface area contributed by atoms with E-state index >= 15 is 4.79 Å². The van der Waals surface area contributed by atoms with Gasteiger partial charge in [0.05, 0.1) is 47.7 Å². The molecule has 5 fully saturated rings. The van der Waals surface area contributed by atoms with Crippen LogP contribution in [0, 0.1) is 23.2 Å². The van der Waals surface area contributed by atoms with Gasteiger partial charge in [0.2, 0.25) is 27.7 Å². The van der Waals surface area contributed by atoms with Crippen LogP contribution < -0.4 is 14.2 Å². The number of aromatic nitrogens is 1. The lowest BCUT2D eigenvalue weighted by Crippen LogP contribution is -2.49. The fourth-order valence-electron chi connectivity index (χ4n) is 10.8. The van der Waals surface area contributed by atoms with Crippen molar-refractivity contribution < 1.29 is 41.8 Å². The molecule has 1 aromatic heterocycles. The summed E-state index contributed by atoms with van der Waals surface area (Å²) in [6, 6.07) is 14.7. The first kappa shape index (κ1) is 43.4. The van der Waals surface area contributed by atoms with Gasteiger partial charge in [-0.1, -0.05) is 55.7 Å². The molecule has 3 saturated carbocycles. The number of benzene rings is 2. The second-order valence-corrected chi connectivity index (χ2v) is 20.8. The van der Waals surface area contributed by atoms with Crippen molar-refractivity contribution in [2.24, 2.45) is 23.2 Å². The zero-order valence-electron chi connectivity index (χ0n) is 36.3. The van der Waals surface area contributed by atoms with E-state index in [0.717, 1.165) is 67.9 Å². The topological polar surface area (TPSA) is 162 Å². The van der Waals surface area contributed by atoms with Gasteiger partial charge < -0.3 is 24.0 Å². The Balaban J connectivity index is 1.11. The molecule has 336 valence electrons. The van der Waals surface area contributed by atoms with Gasteiger partial charge in [0, 0.05) is 68.0 Å². The van der Waals surface area contributed by atoms with Crippen LogP contribution in [0.3, 0.4) is 0 Å². The summed E-state index contributed by atoms with van der Waals surface area (Å²) in [5.41, 5.74) is 1.93. The molecule has 6 atom stereocenters. The van der Waals surface area contributed by atoms with Crippen molar-refractivity contribution >= 4 is 44.4 Å². The van der Waals surface area contributed by atoms with E-state index in [2.05, 4.69) is 17.4 Å². The fraction of sp³-hybridized carbons (Fsp3) is 0.571. The predicted octanol–water partition coefficient (Wildman–Crippen LogP) is 6.56. The number of hydrogen-bond donors (Lipinski definition) is 1. The molecule has 3 amide bonds. The molecule has 9 rings (SSSR count). The Hall–Kier alpha value is -4.82. The molecule has 2 saturated heterocycles. The highest BCUT2D eigenvalue weighted by molar-refractivity contribution is 7.90. The number of ketones is 1. The number of carbonyl (C=O) groups excluding carboxylic acids is 4. The fourth-order valence-corrected chi connectivity index (χ4v) is 12.1. The number of Topliss-reactive ketones (excluding diaryl/α,β-unsaturated/α-hetero) is 1. The Kier molecular flexibility index (Phi) is 12.4. The number of fused-ring (bicyclic) bond motifs is 5. The molecule has 4 heterocycles. The van der Waals surface area contributed by atoms with Crippen LogP contribution in [-0.2, 0) is 40.4 Å². The third kappa shape index (κ3) is 9.12. The van der Waals surface area contributed by atoms with Gasteiger partial charge >= 0.3 is 0 Å². The number of hydrogen-bond acceptors (Lipinski definition) is 10. The van der Waals surface area contributed by atoms with Gasteiger partial charge in [0.1, 0.15) is 17.6 Å². The minimum absolute atomic E-state index is 0.0267. The molecule has 6 aliphatic rings. The van der Waals surface area contributed by atoms with Crippen molar-refractivity contribution in [3.63, 3.8) is 0 Å². The van der Waals surface area contributed by atoms with Crippen molar-refractivity contribution in [1.29, 1.82) is 0 Å². The zero-order chi connectivity index (χ0) is 43.9. The number of pyridine rings is 1. The first-order valence-corrected chi connectivity index (χ1v) is 24.7. The molecule has 3 aliphatic heterocycles. The number of rotatable bonds is 10. The number of piperidine rings is 1. The standard InChI is InChI=1S/C49H60N4O9S/c1-3-34-27-49(34,48(57)51-63(58,59)37-18-19-37)28-43(54)42-23-36-30-53(42)47(56)38(31-12-6-4-7-13-31)24-46(55)52-20-10-17-35(29-52)61-21-11-16-33-22-39-41(26-44(33)60-2)50-40(25-45(39)62-36)32-14-8-5-9-15-32/h3,5,8-9,14-15,22,25-26,31,34-38,42H,1,4,6-7,10-13,16-21,23-24,27-30H2,2H3,(H,51,57)/t34-,35+,36-,38+,42+,49-/m1/s1. The first-order valence-electron chi connectivity index (χ1n) is 23.1. The van der Waals surface area contributed by atoms with E-state index < -0.39 is 50.6 Å². The molecule has 14 heteroatoms. The second kappa shape index (κ2) is 18.0. The van der Waals surface area contributed by atoms with Gasteiger partial charge in [-0.25, -0.2) is 13.4 Å². The van der Waals surface area contributed by atoms with Crippen LogP contribution in [0.4, 0.5) is 0 Å². The number of carbonyl (C=O) groups is 4. The van der Waals surface area contributed by atoms with Gasteiger partial charge in [0.25, 0.3) is 0 Å². The number of nitrogens with one attached hydrogen (secondary N) is 1. The highest BCUT2D eigenvalue weighted by Crippen LogP contribution is 2.57. The first-order chi connectivity index (χ1) is 30.5. The summed E-state index contributed by atoms with van der Waals surface area (Å²) < 4.78 is 47.5. The summed E-state index contributed by atoms with van der Waals surface area (Å²) in [5, 5.41) is 0.162. The van der Waals surface area contributed by atoms with Crippen LogP contribution in [0.15, 0.2) is 61.2 Å². The molecule has 2 aromatic carbocycles. The lowest BCUT2D eigenvalue weighted by atomic mass is 9.77. The van der Waals surface area contributed by atoms with E-state index in [9.17, 15) is 22.8 Å². The quantitative estimate of drug-likeness (QED) is 0.221. The van der Waals surface area contributed by atoms with Crippen LogP contribution in [0.25, 0.3) is 22.2 Å². The minimum atomic E-state index is -3.87. The van der Waals surface area contributed by atoms with Gasteiger partial charge in [0.15, 0.2) is 5.78 Å². The third-order valence-electron chi connectivity index (χ3n) is 14.6. The van der Waals surface area contributed by atoms with Gasteiger partial charge in [-0.3, -0.25) is 23.9 Å². The normalized spacial score (nSPS) is 28.4. The summed E-state index contributed by atoms with van der Waals surface area (Å²) in [6.45, 7) is 5.59. The maximum atomic E-state index is 15.3. The highest BCUT2D eigenvalue weighted by Gasteiger charge is 2.61. The zero-order valence-corrected chi connectivity index (χ0v) is 37.1. The Labute approximate surface area is 370 Å². The van der Waals surface area contributed by atoms with E-state index in [1.807, 2.05) is 47.4 Å². The Morgan fingerprint density at radius 1 is 0.984 bits per heavy atom. The largest absolute Gasteiger partial charge is 0.496 e. The summed E-state index contributed by atoms with van der Waals surface area (Å²) in [7, 11) is -2.22. The van der Waals surface area contributed by atoms with E-state index in [-0.39, 0.29) is 61.8 Å². The maximum Gasteiger partial charge on any atom is 0.240 e. The van der Waals surface area contributed by atoms with Crippen molar-refractivity contribution in [3.05, 3.63) is 66.7 Å². The van der Waals surface area contributed by atoms with Crippen molar-refractivity contribution in [1.82, 2.24) is 19.5 Å². The monoisotopic (exact) mass is 880 g/mol. The van der Waals surface area contributed by atoms with Crippen LogP contribution in [-0.4, -0.2) is 104 Å². The lowest BCUT2D eigenvalue weighted by Gasteiger charge is -2.37. The average Bonchev–Trinajstić information content (AvgIpc) is 4.23. The number of ether oxygens (including phenoxy) is 3. The lowest BCUT2D eigenvalue weighted by molar-refractivity contribution is -0.148. The Morgan fingerprint density at radius 3 is 2.51 bits per heavy atom. The van der Waals surface area contributed by atoms with Crippen LogP contribution in [0.1, 0.15) is 95.5 Å². The van der Waals surface area contributed by atoms with E-state index in [0.29, 0.717) is 61.7 Å². The molecule has 63 heavy (non-hydrogen) atoms. The van der Waals surface area contributed by atoms with Crippen molar-refractivity contribution in [2.75, 3.05) is 33.4 Å². The maximum absolute atomic E-state index is 15.3. The molecule has 1 N–H and O–H groups in total. The van der Waals surface area contributed by atoms with Crippen molar-refractivity contribution in [2.45, 2.75) is 120 Å². The van der Waals surface area contributed by atoms with Crippen LogP contribution in [0.2, 0.25) is 0 Å². The average molecular weight is 881 g/mol. The Morgan fingerprint density at radius 2 is 1.78 bits per heavy atom. The summed E-state index contributed by atoms with van der Waals surface area (Å²) in [6.07, 6.45) is 9.78. The van der Waals surface area contributed by atoms with Gasteiger partial charge in [-0.05, 0) is 81.3 Å². The van der Waals surface area contributed by atoms with Crippen LogP contribution in [0.5, 0.6) is 11.5 Å². The number of aryl methyl sites for hydroxylation is 1. The van der Waals surface area contributed by atoms with Crippen LogP contribution >= 0.6 is 0 Å². The molecule has 0 radical (unpaired) electrons. The summed E-state index contributed by atoms with van der Waals surface area (Å²) in [4.78, 5) is 67.0. The van der Waals surface area contributed by atoms with Crippen molar-refractivity contribution in [3.8, 4) is 22.8 Å². The molecule has 3 aromatic rings. The SMILES string of the molecule is C=C[C@@H]1C[C@]1(CC(=O)[C@@H]1C[C@@H]2CN1C(=O)[C@H](C1CCCCC1)CC(=O)N1CCC[C@@H](C1)OCCCc1cc3c(cc(-c4ccccc4)nc3cc1OC)O2)C(=O)NS(=O)(=O)C1CC1. The number of sulfonamides is 1. The van der Waals surface area contributed by atoms with Gasteiger partial charge in [-0.2, -0.15) is 0 Å². The molecule has 13 nitrogen and oxygen atoms in total. The molecule has 6 bridgehead atoms. The molecule has 3 aliphatic carbocycles. The number of nitrogens with zero attached hydrogens (tertiary/aromatic N) is 3. The van der Waals surface area contributed by atoms with Gasteiger partial charge in [-0.15, -0.1) is 6.58 Å². The summed E-state index contributed by atoms with van der Waals surface area (Å²) in [5.74, 6) is -1.15. The number of methoxy groups -OCH3 is 1. The highest BCUT2D eigenvalue weighted by atomic mass is 32.2. The van der Waals surface area contributed by atoms with E-state index in [4.69, 9.17) is 19.2 Å². The smallest absolute Gasteiger partial charge is 0.240 e. The molecule has 0 spiro atoms. The predicted molar refractivity (Wildman–Crippen MR) is 237 cm³/mol. The van der Waals surface area contributed by atoms with E-state index in [1.165, 1.54) is 0 Å². The second-order valence-electron chi connectivity index (χ2n) is 18.8. The number of allylic oxidation sites excluding steroid dienone is 1. The third-order valence-corrected chi connectivity index (χ3v) is 16.4. The van der Waals surface area contributed by atoms with E-state index in [1.54, 1.807) is 18.1 Å². The Bertz CT molecular complexity index is 2360. The number of amides is 3. The molecular formula is C49H60N4O9S. The minimum Gasteiger partial charge on any atom is -0.496 e. The summed E-state index contributed by atoms with van der Waals surface area (Å²) >= 11 is 0. The molecular weight excluding hydrogens is 821 g/mol. The molecule has 0 unspecified atom stereocenters.